The molecule has 1 aliphatic heterocycles. The van der Waals surface area contributed by atoms with Crippen molar-refractivity contribution in [3.05, 3.63) is 76.6 Å². The van der Waals surface area contributed by atoms with Crippen LogP contribution in [0.15, 0.2) is 58.8 Å². The first-order valence-electron chi connectivity index (χ1n) is 9.76. The van der Waals surface area contributed by atoms with Crippen LogP contribution in [-0.2, 0) is 5.75 Å². The quantitative estimate of drug-likeness (QED) is 0.270. The van der Waals surface area contributed by atoms with Crippen molar-refractivity contribution in [1.29, 1.82) is 0 Å². The van der Waals surface area contributed by atoms with Gasteiger partial charge >= 0.3 is 0 Å². The number of amides is 1. The molecule has 7 nitrogen and oxygen atoms in total. The lowest BCUT2D eigenvalue weighted by atomic mass is 10.1. The zero-order valence-electron chi connectivity index (χ0n) is 17.5. The Bertz CT molecular complexity index is 1130. The first-order chi connectivity index (χ1) is 15.0. The van der Waals surface area contributed by atoms with E-state index >= 15 is 0 Å². The van der Waals surface area contributed by atoms with Crippen LogP contribution in [0.25, 0.3) is 0 Å². The summed E-state index contributed by atoms with van der Waals surface area (Å²) in [5, 5.41) is 4.97. The van der Waals surface area contributed by atoms with E-state index in [2.05, 4.69) is 20.5 Å². The van der Waals surface area contributed by atoms with Crippen molar-refractivity contribution in [3.63, 3.8) is 0 Å². The Labute approximate surface area is 184 Å². The van der Waals surface area contributed by atoms with E-state index in [0.717, 1.165) is 33.4 Å². The van der Waals surface area contributed by atoms with Crippen LogP contribution >= 0.6 is 11.8 Å². The predicted molar refractivity (Wildman–Crippen MR) is 120 cm³/mol. The van der Waals surface area contributed by atoms with Gasteiger partial charge in [-0.25, -0.2) is 15.4 Å². The fraction of sp³-hybridized carbons (Fsp3) is 0.217. The molecule has 2 aromatic carbocycles. The number of ether oxygens (including phenoxy) is 2. The second-order valence-electron chi connectivity index (χ2n) is 7.13. The molecule has 0 saturated carbocycles. The number of nitrogens with zero attached hydrogens (tertiary/aromatic N) is 3. The molecule has 0 radical (unpaired) electrons. The highest BCUT2D eigenvalue weighted by atomic mass is 32.2. The standard InChI is InChI=1S/C23H22N4O3S/c1-14-10-15(2)25-23(24-14)31-12-17-4-6-18(7-5-17)22(28)27-26-16(3)19-8-9-20-21(11-19)30-13-29-20/h4-11H,12-13H2,1-3H3,(H,27,28)/b26-16-. The largest absolute Gasteiger partial charge is 0.454 e. The van der Waals surface area contributed by atoms with E-state index in [1.54, 1.807) is 23.9 Å². The molecular formula is C23H22N4O3S. The fourth-order valence-corrected chi connectivity index (χ4v) is 3.95. The second kappa shape index (κ2) is 9.18. The summed E-state index contributed by atoms with van der Waals surface area (Å²) in [6, 6.07) is 15.0. The van der Waals surface area contributed by atoms with Gasteiger partial charge in [0.25, 0.3) is 5.91 Å². The molecule has 3 aromatic rings. The molecule has 1 N–H and O–H groups in total. The van der Waals surface area contributed by atoms with Crippen molar-refractivity contribution in [1.82, 2.24) is 15.4 Å². The lowest BCUT2D eigenvalue weighted by Crippen LogP contribution is -2.19. The van der Waals surface area contributed by atoms with Gasteiger partial charge in [0.15, 0.2) is 16.7 Å². The van der Waals surface area contributed by atoms with E-state index in [9.17, 15) is 4.79 Å². The molecule has 1 aromatic heterocycles. The highest BCUT2D eigenvalue weighted by molar-refractivity contribution is 7.98. The second-order valence-corrected chi connectivity index (χ2v) is 8.07. The first kappa shape index (κ1) is 20.9. The van der Waals surface area contributed by atoms with Crippen LogP contribution < -0.4 is 14.9 Å². The van der Waals surface area contributed by atoms with Gasteiger partial charge in [-0.1, -0.05) is 23.9 Å². The number of fused-ring (bicyclic) bond motifs is 1. The molecule has 158 valence electrons. The summed E-state index contributed by atoms with van der Waals surface area (Å²) >= 11 is 1.57. The number of carbonyl (C=O) groups is 1. The zero-order chi connectivity index (χ0) is 21.8. The molecule has 0 aliphatic carbocycles. The molecule has 2 heterocycles. The molecular weight excluding hydrogens is 412 g/mol. The summed E-state index contributed by atoms with van der Waals surface area (Å²) in [6.07, 6.45) is 0. The molecule has 1 amide bonds. The fourth-order valence-electron chi connectivity index (χ4n) is 3.04. The summed E-state index contributed by atoms with van der Waals surface area (Å²) < 4.78 is 10.7. The minimum Gasteiger partial charge on any atom is -0.454 e. The Balaban J connectivity index is 1.35. The maximum Gasteiger partial charge on any atom is 0.271 e. The number of hydrogen-bond acceptors (Lipinski definition) is 7. The van der Waals surface area contributed by atoms with Crippen molar-refractivity contribution in [3.8, 4) is 11.5 Å². The molecule has 0 spiro atoms. The van der Waals surface area contributed by atoms with Gasteiger partial charge < -0.3 is 9.47 Å². The Hall–Kier alpha value is -3.39. The van der Waals surface area contributed by atoms with Crippen LogP contribution in [0.5, 0.6) is 11.5 Å². The SMILES string of the molecule is C/C(=N/NC(=O)c1ccc(CSc2nc(C)cc(C)n2)cc1)c1ccc2c(c1)OCO2. The van der Waals surface area contributed by atoms with Crippen LogP contribution in [-0.4, -0.2) is 28.4 Å². The van der Waals surface area contributed by atoms with Crippen LogP contribution in [0.3, 0.4) is 0 Å². The number of hydrazone groups is 1. The Kier molecular flexibility index (Phi) is 6.18. The highest BCUT2D eigenvalue weighted by Gasteiger charge is 2.14. The van der Waals surface area contributed by atoms with Crippen molar-refractivity contribution >= 4 is 23.4 Å². The van der Waals surface area contributed by atoms with E-state index in [-0.39, 0.29) is 12.7 Å². The van der Waals surface area contributed by atoms with E-state index in [1.165, 1.54) is 0 Å². The topological polar surface area (TPSA) is 85.7 Å². The number of thioether (sulfide) groups is 1. The molecule has 0 fully saturated rings. The summed E-state index contributed by atoms with van der Waals surface area (Å²) in [5.74, 6) is 1.85. The number of aryl methyl sites for hydroxylation is 2. The number of hydrogen-bond donors (Lipinski definition) is 1. The van der Waals surface area contributed by atoms with Crippen molar-refractivity contribution in [2.24, 2.45) is 5.10 Å². The van der Waals surface area contributed by atoms with Crippen LogP contribution in [0.4, 0.5) is 0 Å². The summed E-state index contributed by atoms with van der Waals surface area (Å²) in [4.78, 5) is 21.3. The summed E-state index contributed by atoms with van der Waals surface area (Å²) in [5.41, 5.74) is 7.67. The van der Waals surface area contributed by atoms with Gasteiger partial charge in [-0.2, -0.15) is 5.10 Å². The predicted octanol–water partition coefficient (Wildman–Crippen LogP) is 4.27. The zero-order valence-corrected chi connectivity index (χ0v) is 18.3. The Morgan fingerprint density at radius 2 is 1.68 bits per heavy atom. The maximum absolute atomic E-state index is 12.4. The summed E-state index contributed by atoms with van der Waals surface area (Å²) in [7, 11) is 0. The van der Waals surface area contributed by atoms with Gasteiger partial charge in [-0.05, 0) is 62.7 Å². The molecule has 0 saturated heterocycles. The van der Waals surface area contributed by atoms with Crippen molar-refractivity contribution < 1.29 is 14.3 Å². The number of rotatable bonds is 6. The Morgan fingerprint density at radius 1 is 1.00 bits per heavy atom. The van der Waals surface area contributed by atoms with Gasteiger partial charge in [0.1, 0.15) is 0 Å². The average Bonchev–Trinajstić information content (AvgIpc) is 3.23. The van der Waals surface area contributed by atoms with Crippen LogP contribution in [0.1, 0.15) is 39.8 Å². The van der Waals surface area contributed by atoms with E-state index < -0.39 is 0 Å². The lowest BCUT2D eigenvalue weighted by Gasteiger charge is -2.06. The van der Waals surface area contributed by atoms with Gasteiger partial charge in [0.05, 0.1) is 5.71 Å². The molecule has 4 rings (SSSR count). The smallest absolute Gasteiger partial charge is 0.271 e. The molecule has 0 unspecified atom stereocenters. The highest BCUT2D eigenvalue weighted by Crippen LogP contribution is 2.32. The molecule has 1 aliphatic rings. The monoisotopic (exact) mass is 434 g/mol. The molecule has 0 bridgehead atoms. The lowest BCUT2D eigenvalue weighted by molar-refractivity contribution is 0.0955. The van der Waals surface area contributed by atoms with Crippen LogP contribution in [0, 0.1) is 13.8 Å². The number of benzene rings is 2. The molecule has 31 heavy (non-hydrogen) atoms. The minimum atomic E-state index is -0.267. The molecule has 0 atom stereocenters. The maximum atomic E-state index is 12.4. The summed E-state index contributed by atoms with van der Waals surface area (Å²) in [6.45, 7) is 5.97. The first-order valence-corrected chi connectivity index (χ1v) is 10.8. The normalized spacial score (nSPS) is 12.7. The van der Waals surface area contributed by atoms with Gasteiger partial charge in [0.2, 0.25) is 6.79 Å². The van der Waals surface area contributed by atoms with E-state index in [4.69, 9.17) is 9.47 Å². The number of aromatic nitrogens is 2. The van der Waals surface area contributed by atoms with Gasteiger partial charge in [-0.3, -0.25) is 4.79 Å². The van der Waals surface area contributed by atoms with Crippen molar-refractivity contribution in [2.45, 2.75) is 31.7 Å². The molecule has 8 heteroatoms. The van der Waals surface area contributed by atoms with E-state index in [0.29, 0.717) is 22.8 Å². The van der Waals surface area contributed by atoms with Crippen molar-refractivity contribution in [2.75, 3.05) is 6.79 Å². The van der Waals surface area contributed by atoms with Gasteiger partial charge in [-0.15, -0.1) is 0 Å². The average molecular weight is 435 g/mol. The number of nitrogens with one attached hydrogen (secondary N) is 1. The third kappa shape index (κ3) is 5.21. The third-order valence-electron chi connectivity index (χ3n) is 4.66. The van der Waals surface area contributed by atoms with E-state index in [1.807, 2.05) is 57.2 Å². The number of carbonyl (C=O) groups excluding carboxylic acids is 1. The van der Waals surface area contributed by atoms with Gasteiger partial charge in [0, 0.05) is 28.3 Å². The third-order valence-corrected chi connectivity index (χ3v) is 5.58. The Morgan fingerprint density at radius 3 is 2.42 bits per heavy atom. The minimum absolute atomic E-state index is 0.220. The van der Waals surface area contributed by atoms with Crippen LogP contribution in [0.2, 0.25) is 0 Å².